The van der Waals surface area contributed by atoms with Gasteiger partial charge in [0.2, 0.25) is 0 Å². The van der Waals surface area contributed by atoms with Crippen molar-refractivity contribution in [3.63, 3.8) is 0 Å². The molecule has 1 aliphatic rings. The van der Waals surface area contributed by atoms with Crippen LogP contribution in [0.2, 0.25) is 0 Å². The summed E-state index contributed by atoms with van der Waals surface area (Å²) in [6.07, 6.45) is 0. The highest BCUT2D eigenvalue weighted by Gasteiger charge is 2.46. The van der Waals surface area contributed by atoms with Crippen molar-refractivity contribution in [1.82, 2.24) is 9.80 Å². The summed E-state index contributed by atoms with van der Waals surface area (Å²) in [6, 6.07) is 18.7. The lowest BCUT2D eigenvalue weighted by Gasteiger charge is -2.28. The number of phenols is 1. The van der Waals surface area contributed by atoms with Crippen molar-refractivity contribution in [3.8, 4) is 17.2 Å². The number of amides is 1. The van der Waals surface area contributed by atoms with Crippen LogP contribution in [0.4, 0.5) is 0 Å². The van der Waals surface area contributed by atoms with Crippen molar-refractivity contribution in [2.45, 2.75) is 33.4 Å². The summed E-state index contributed by atoms with van der Waals surface area (Å²) in [6.45, 7) is 8.96. The van der Waals surface area contributed by atoms with Gasteiger partial charge >= 0.3 is 0 Å². The van der Waals surface area contributed by atoms with E-state index in [4.69, 9.17) is 9.47 Å². The molecule has 1 amide bonds. The molecule has 1 fully saturated rings. The predicted molar refractivity (Wildman–Crippen MR) is 153 cm³/mol. The Morgan fingerprint density at radius 1 is 1.00 bits per heavy atom. The number of likely N-dealkylation sites (N-methyl/N-ethyl adjacent to an activating group) is 1. The predicted octanol–water partition coefficient (Wildman–Crippen LogP) is 5.05. The van der Waals surface area contributed by atoms with E-state index in [1.54, 1.807) is 36.4 Å². The van der Waals surface area contributed by atoms with Crippen molar-refractivity contribution < 1.29 is 29.3 Å². The molecule has 0 unspecified atom stereocenters. The zero-order valence-electron chi connectivity index (χ0n) is 23.4. The number of aromatic hydroxyl groups is 1. The first-order chi connectivity index (χ1) is 19.3. The first-order valence-electron chi connectivity index (χ1n) is 13.4. The first-order valence-corrected chi connectivity index (χ1v) is 13.4. The number of ether oxygens (including phenoxy) is 2. The summed E-state index contributed by atoms with van der Waals surface area (Å²) in [5.74, 6) is -0.948. The quantitative estimate of drug-likeness (QED) is 0.198. The Morgan fingerprint density at radius 3 is 2.38 bits per heavy atom. The molecule has 0 radical (unpaired) electrons. The van der Waals surface area contributed by atoms with Gasteiger partial charge in [0, 0.05) is 18.7 Å². The van der Waals surface area contributed by atoms with E-state index in [0.717, 1.165) is 24.2 Å². The highest BCUT2D eigenvalue weighted by Crippen LogP contribution is 2.41. The zero-order chi connectivity index (χ0) is 28.8. The van der Waals surface area contributed by atoms with E-state index < -0.39 is 17.7 Å². The second-order valence-corrected chi connectivity index (χ2v) is 9.75. The summed E-state index contributed by atoms with van der Waals surface area (Å²) in [5.41, 5.74) is 3.12. The van der Waals surface area contributed by atoms with Crippen molar-refractivity contribution in [3.05, 3.63) is 94.6 Å². The molecule has 1 atom stereocenters. The summed E-state index contributed by atoms with van der Waals surface area (Å²) in [5, 5.41) is 21.5. The van der Waals surface area contributed by atoms with E-state index in [9.17, 15) is 19.8 Å². The third kappa shape index (κ3) is 6.13. The Bertz CT molecular complexity index is 1390. The van der Waals surface area contributed by atoms with E-state index in [2.05, 4.69) is 11.0 Å². The number of nitrogens with zero attached hydrogens (tertiary/aromatic N) is 2. The Kier molecular flexibility index (Phi) is 9.11. The number of Topliss-reactive ketones (excluding diaryl/α,β-unsaturated/α-hetero) is 1. The Morgan fingerprint density at radius 2 is 1.73 bits per heavy atom. The minimum absolute atomic E-state index is 0.00859. The monoisotopic (exact) mass is 544 g/mol. The van der Waals surface area contributed by atoms with Gasteiger partial charge in [-0.1, -0.05) is 49.7 Å². The molecule has 0 aliphatic carbocycles. The van der Waals surface area contributed by atoms with E-state index in [-0.39, 0.29) is 22.8 Å². The van der Waals surface area contributed by atoms with Gasteiger partial charge in [-0.3, -0.25) is 9.59 Å². The minimum Gasteiger partial charge on any atom is -0.507 e. The first kappa shape index (κ1) is 28.7. The maximum absolute atomic E-state index is 13.3. The van der Waals surface area contributed by atoms with Gasteiger partial charge in [0.15, 0.2) is 11.5 Å². The van der Waals surface area contributed by atoms with Gasteiger partial charge < -0.3 is 29.5 Å². The lowest BCUT2D eigenvalue weighted by molar-refractivity contribution is -0.140. The number of carbonyl (C=O) groups excluding carboxylic acids is 2. The second-order valence-electron chi connectivity index (χ2n) is 9.75. The molecule has 2 N–H and O–H groups in total. The van der Waals surface area contributed by atoms with Gasteiger partial charge in [-0.05, 0) is 67.5 Å². The SMILES string of the molecule is CCN(CC)CCN1C(=O)C(=O)/C(=C(/O)c2ccc(OCc3cccc(C)c3)cc2)[C@H]1c1ccc(O)c(OC)c1. The van der Waals surface area contributed by atoms with Crippen LogP contribution >= 0.6 is 0 Å². The molecule has 3 aromatic carbocycles. The van der Waals surface area contributed by atoms with Gasteiger partial charge in [-0.2, -0.15) is 0 Å². The number of likely N-dealkylation sites (tertiary alicyclic amines) is 1. The molecule has 1 aliphatic heterocycles. The van der Waals surface area contributed by atoms with Crippen LogP contribution in [0.1, 0.15) is 42.1 Å². The molecule has 0 bridgehead atoms. The van der Waals surface area contributed by atoms with E-state index in [1.807, 2.05) is 39.0 Å². The van der Waals surface area contributed by atoms with Gasteiger partial charge in [0.05, 0.1) is 18.7 Å². The summed E-state index contributed by atoms with van der Waals surface area (Å²) in [7, 11) is 1.43. The topological polar surface area (TPSA) is 99.5 Å². The number of methoxy groups -OCH3 is 1. The lowest BCUT2D eigenvalue weighted by atomic mass is 9.95. The molecular formula is C32H36N2O6. The average molecular weight is 545 g/mol. The second kappa shape index (κ2) is 12.7. The van der Waals surface area contributed by atoms with E-state index >= 15 is 0 Å². The smallest absolute Gasteiger partial charge is 0.295 e. The van der Waals surface area contributed by atoms with Crippen LogP contribution in [0.15, 0.2) is 72.3 Å². The molecule has 3 aromatic rings. The number of rotatable bonds is 11. The maximum atomic E-state index is 13.3. The molecule has 0 aromatic heterocycles. The summed E-state index contributed by atoms with van der Waals surface area (Å²) < 4.78 is 11.2. The highest BCUT2D eigenvalue weighted by molar-refractivity contribution is 6.46. The zero-order valence-corrected chi connectivity index (χ0v) is 23.4. The number of carbonyl (C=O) groups is 2. The molecule has 8 heteroatoms. The highest BCUT2D eigenvalue weighted by atomic mass is 16.5. The van der Waals surface area contributed by atoms with Crippen LogP contribution in [0.3, 0.4) is 0 Å². The number of phenolic OH excluding ortho intramolecular Hbond substituents is 1. The molecule has 1 saturated heterocycles. The maximum Gasteiger partial charge on any atom is 0.295 e. The number of hydrogen-bond donors (Lipinski definition) is 2. The largest absolute Gasteiger partial charge is 0.507 e. The fourth-order valence-electron chi connectivity index (χ4n) is 4.94. The summed E-state index contributed by atoms with van der Waals surface area (Å²) in [4.78, 5) is 30.2. The standard InChI is InChI=1S/C32H36N2O6/c1-5-33(6-2)16-17-34-29(24-12-15-26(35)27(19-24)39-4)28(31(37)32(34)38)30(36)23-10-13-25(14-11-23)40-20-22-9-7-8-21(3)18-22/h7-15,18-19,29,35-36H,5-6,16-17,20H2,1-4H3/b30-28+/t29-/m1/s1. The van der Waals surface area contributed by atoms with E-state index in [1.165, 1.54) is 18.1 Å². The van der Waals surface area contributed by atoms with Crippen molar-refractivity contribution in [2.75, 3.05) is 33.3 Å². The fraction of sp³-hybridized carbons (Fsp3) is 0.312. The van der Waals surface area contributed by atoms with Crippen LogP contribution in [-0.4, -0.2) is 65.0 Å². The van der Waals surface area contributed by atoms with Crippen molar-refractivity contribution >= 4 is 17.4 Å². The van der Waals surface area contributed by atoms with Gasteiger partial charge in [-0.25, -0.2) is 0 Å². The van der Waals surface area contributed by atoms with Crippen LogP contribution in [0, 0.1) is 6.92 Å². The fourth-order valence-corrected chi connectivity index (χ4v) is 4.94. The number of aryl methyl sites for hydroxylation is 1. The minimum atomic E-state index is -0.845. The molecule has 0 spiro atoms. The number of benzene rings is 3. The Labute approximate surface area is 235 Å². The molecule has 1 heterocycles. The number of aliphatic hydroxyl groups excluding tert-OH is 1. The Balaban J connectivity index is 1.67. The normalized spacial score (nSPS) is 16.5. The molecule has 0 saturated carbocycles. The van der Waals surface area contributed by atoms with Crippen LogP contribution in [0.25, 0.3) is 5.76 Å². The third-order valence-corrected chi connectivity index (χ3v) is 7.23. The number of ketones is 1. The van der Waals surface area contributed by atoms with E-state index in [0.29, 0.717) is 36.6 Å². The van der Waals surface area contributed by atoms with Crippen LogP contribution in [0.5, 0.6) is 17.2 Å². The number of aliphatic hydroxyl groups is 1. The third-order valence-electron chi connectivity index (χ3n) is 7.23. The summed E-state index contributed by atoms with van der Waals surface area (Å²) >= 11 is 0. The van der Waals surface area contributed by atoms with Gasteiger partial charge in [0.25, 0.3) is 11.7 Å². The molecule has 40 heavy (non-hydrogen) atoms. The molecule has 210 valence electrons. The number of hydrogen-bond acceptors (Lipinski definition) is 7. The van der Waals surface area contributed by atoms with Crippen molar-refractivity contribution in [1.29, 1.82) is 0 Å². The molecule has 4 rings (SSSR count). The van der Waals surface area contributed by atoms with Gasteiger partial charge in [-0.15, -0.1) is 0 Å². The van der Waals surface area contributed by atoms with Crippen molar-refractivity contribution in [2.24, 2.45) is 0 Å². The molecule has 8 nitrogen and oxygen atoms in total. The molecular weight excluding hydrogens is 508 g/mol. The average Bonchev–Trinajstić information content (AvgIpc) is 3.22. The van der Waals surface area contributed by atoms with Gasteiger partial charge in [0.1, 0.15) is 18.1 Å². The van der Waals surface area contributed by atoms with Crippen LogP contribution in [-0.2, 0) is 16.2 Å². The van der Waals surface area contributed by atoms with Crippen LogP contribution < -0.4 is 9.47 Å². The Hall–Kier alpha value is -4.30. The lowest BCUT2D eigenvalue weighted by Crippen LogP contribution is -2.38.